The predicted octanol–water partition coefficient (Wildman–Crippen LogP) is 6.25. The Morgan fingerprint density at radius 2 is 1.72 bits per heavy atom. The van der Waals surface area contributed by atoms with Crippen LogP contribution in [0.2, 0.25) is 0 Å². The lowest BCUT2D eigenvalue weighted by Crippen LogP contribution is -2.22. The van der Waals surface area contributed by atoms with Crippen molar-refractivity contribution in [1.82, 2.24) is 19.6 Å². The SMILES string of the molecule is Cc1ccc(C2c3c(c4ccccc4oc3=O)Oc3ncn4nc(-c5ccccc5Br)nc4c32)cc1. The molecule has 3 aromatic heterocycles. The van der Waals surface area contributed by atoms with E-state index in [1.807, 2.05) is 73.7 Å². The molecule has 1 aliphatic rings. The zero-order chi connectivity index (χ0) is 24.4. The fraction of sp³-hybridized carbons (Fsp3) is 0.0714. The normalized spacial score (nSPS) is 14.4. The number of hydrogen-bond acceptors (Lipinski definition) is 6. The first kappa shape index (κ1) is 21.0. The van der Waals surface area contributed by atoms with Gasteiger partial charge in [-0.25, -0.2) is 19.3 Å². The number of benzene rings is 3. The van der Waals surface area contributed by atoms with Crippen molar-refractivity contribution in [3.63, 3.8) is 0 Å². The van der Waals surface area contributed by atoms with Gasteiger partial charge in [-0.2, -0.15) is 0 Å². The number of rotatable bonds is 2. The second kappa shape index (κ2) is 7.86. The van der Waals surface area contributed by atoms with Crippen molar-refractivity contribution < 1.29 is 9.15 Å². The zero-order valence-corrected chi connectivity index (χ0v) is 20.6. The summed E-state index contributed by atoms with van der Waals surface area (Å²) in [7, 11) is 0. The van der Waals surface area contributed by atoms with Crippen LogP contribution in [-0.2, 0) is 0 Å². The van der Waals surface area contributed by atoms with Crippen LogP contribution in [0.15, 0.2) is 92.8 Å². The predicted molar refractivity (Wildman–Crippen MR) is 139 cm³/mol. The number of aromatic nitrogens is 4. The van der Waals surface area contributed by atoms with Gasteiger partial charge >= 0.3 is 5.63 Å². The highest BCUT2D eigenvalue weighted by Gasteiger charge is 2.37. The number of ether oxygens (including phenoxy) is 1. The van der Waals surface area contributed by atoms with Gasteiger partial charge in [-0.05, 0) is 36.8 Å². The lowest BCUT2D eigenvalue weighted by Gasteiger charge is -2.27. The molecule has 1 atom stereocenters. The van der Waals surface area contributed by atoms with Crippen LogP contribution in [0.1, 0.15) is 28.2 Å². The van der Waals surface area contributed by atoms with E-state index in [0.29, 0.717) is 45.2 Å². The first-order valence-electron chi connectivity index (χ1n) is 11.4. The third kappa shape index (κ3) is 3.11. The average molecular weight is 537 g/mol. The highest BCUT2D eigenvalue weighted by Crippen LogP contribution is 2.48. The smallest absolute Gasteiger partial charge is 0.344 e. The van der Waals surface area contributed by atoms with E-state index in [9.17, 15) is 4.79 Å². The second-order valence-corrected chi connectivity index (χ2v) is 9.58. The Kier molecular flexibility index (Phi) is 4.59. The number of nitrogens with zero attached hydrogens (tertiary/aromatic N) is 4. The number of fused-ring (bicyclic) bond motifs is 6. The van der Waals surface area contributed by atoms with E-state index in [4.69, 9.17) is 14.1 Å². The molecule has 1 unspecified atom stereocenters. The van der Waals surface area contributed by atoms with Crippen molar-refractivity contribution in [2.24, 2.45) is 0 Å². The number of halogens is 1. The van der Waals surface area contributed by atoms with Crippen molar-refractivity contribution >= 4 is 32.5 Å². The maximum atomic E-state index is 13.4. The van der Waals surface area contributed by atoms with Crippen molar-refractivity contribution in [2.45, 2.75) is 12.8 Å². The van der Waals surface area contributed by atoms with E-state index < -0.39 is 11.5 Å². The lowest BCUT2D eigenvalue weighted by molar-refractivity contribution is 0.422. The molecule has 0 radical (unpaired) electrons. The largest absolute Gasteiger partial charge is 0.437 e. The van der Waals surface area contributed by atoms with Gasteiger partial charge in [0.25, 0.3) is 0 Å². The molecule has 0 amide bonds. The summed E-state index contributed by atoms with van der Waals surface area (Å²) in [5.41, 5.74) is 4.55. The molecule has 4 heterocycles. The molecule has 1 aliphatic heterocycles. The molecule has 6 aromatic rings. The summed E-state index contributed by atoms with van der Waals surface area (Å²) < 4.78 is 14.6. The van der Waals surface area contributed by atoms with Gasteiger partial charge < -0.3 is 9.15 Å². The van der Waals surface area contributed by atoms with Crippen molar-refractivity contribution in [3.05, 3.63) is 116 Å². The van der Waals surface area contributed by atoms with Gasteiger partial charge in [0.15, 0.2) is 17.2 Å². The van der Waals surface area contributed by atoms with Crippen LogP contribution in [0.4, 0.5) is 0 Å². The molecule has 174 valence electrons. The molecule has 3 aromatic carbocycles. The molecule has 7 rings (SSSR count). The quantitative estimate of drug-likeness (QED) is 0.243. The number of aryl methyl sites for hydroxylation is 1. The van der Waals surface area contributed by atoms with Crippen molar-refractivity contribution in [3.8, 4) is 23.0 Å². The molecule has 0 spiro atoms. The molecule has 0 saturated carbocycles. The van der Waals surface area contributed by atoms with Gasteiger partial charge in [0, 0.05) is 10.0 Å². The van der Waals surface area contributed by atoms with Gasteiger partial charge in [0.2, 0.25) is 5.88 Å². The van der Waals surface area contributed by atoms with Crippen molar-refractivity contribution in [2.75, 3.05) is 0 Å². The molecule has 8 heteroatoms. The molecular weight excluding hydrogens is 520 g/mol. The van der Waals surface area contributed by atoms with Gasteiger partial charge in [0.05, 0.1) is 22.4 Å². The molecule has 7 nitrogen and oxygen atoms in total. The molecule has 0 fully saturated rings. The van der Waals surface area contributed by atoms with Gasteiger partial charge in [0.1, 0.15) is 11.9 Å². The minimum Gasteiger partial charge on any atom is -0.437 e. The highest BCUT2D eigenvalue weighted by atomic mass is 79.9. The van der Waals surface area contributed by atoms with Crippen LogP contribution in [0, 0.1) is 6.92 Å². The summed E-state index contributed by atoms with van der Waals surface area (Å²) in [6, 6.07) is 23.2. The fourth-order valence-corrected chi connectivity index (χ4v) is 5.24. The van der Waals surface area contributed by atoms with Gasteiger partial charge in [-0.1, -0.05) is 70.0 Å². The first-order valence-corrected chi connectivity index (χ1v) is 12.2. The van der Waals surface area contributed by atoms with E-state index in [1.165, 1.54) is 0 Å². The van der Waals surface area contributed by atoms with Crippen LogP contribution < -0.4 is 10.4 Å². The van der Waals surface area contributed by atoms with E-state index in [1.54, 1.807) is 16.9 Å². The Labute approximate surface area is 213 Å². The van der Waals surface area contributed by atoms with Crippen LogP contribution >= 0.6 is 15.9 Å². The van der Waals surface area contributed by atoms with Crippen LogP contribution in [0.25, 0.3) is 28.0 Å². The van der Waals surface area contributed by atoms with E-state index in [0.717, 1.165) is 21.2 Å². The summed E-state index contributed by atoms with van der Waals surface area (Å²) in [5.74, 6) is 0.888. The maximum Gasteiger partial charge on any atom is 0.344 e. The average Bonchev–Trinajstić information content (AvgIpc) is 3.33. The zero-order valence-electron chi connectivity index (χ0n) is 19.0. The van der Waals surface area contributed by atoms with Crippen LogP contribution in [-0.4, -0.2) is 19.6 Å². The summed E-state index contributed by atoms with van der Waals surface area (Å²) >= 11 is 3.59. The highest BCUT2D eigenvalue weighted by molar-refractivity contribution is 9.10. The molecule has 0 N–H and O–H groups in total. The van der Waals surface area contributed by atoms with Crippen LogP contribution in [0.3, 0.4) is 0 Å². The Hall–Kier alpha value is -4.30. The van der Waals surface area contributed by atoms with E-state index in [2.05, 4.69) is 26.0 Å². The van der Waals surface area contributed by atoms with Gasteiger partial charge in [-0.3, -0.25) is 0 Å². The third-order valence-electron chi connectivity index (χ3n) is 6.49. The fourth-order valence-electron chi connectivity index (χ4n) is 4.78. The molecule has 0 aliphatic carbocycles. The maximum absolute atomic E-state index is 13.4. The lowest BCUT2D eigenvalue weighted by atomic mass is 9.84. The monoisotopic (exact) mass is 536 g/mol. The van der Waals surface area contributed by atoms with Crippen molar-refractivity contribution in [1.29, 1.82) is 0 Å². The second-order valence-electron chi connectivity index (χ2n) is 8.72. The Morgan fingerprint density at radius 1 is 0.944 bits per heavy atom. The first-order chi connectivity index (χ1) is 17.6. The summed E-state index contributed by atoms with van der Waals surface area (Å²) in [6.45, 7) is 2.03. The minimum atomic E-state index is -0.502. The van der Waals surface area contributed by atoms with E-state index in [-0.39, 0.29) is 0 Å². The molecule has 0 saturated heterocycles. The Bertz CT molecular complexity index is 1880. The summed E-state index contributed by atoms with van der Waals surface area (Å²) in [4.78, 5) is 22.9. The molecular formula is C28H17BrN4O3. The topological polar surface area (TPSA) is 82.5 Å². The summed E-state index contributed by atoms with van der Waals surface area (Å²) in [5, 5.41) is 5.39. The summed E-state index contributed by atoms with van der Waals surface area (Å²) in [6.07, 6.45) is 1.59. The minimum absolute atomic E-state index is 0.391. The van der Waals surface area contributed by atoms with Crippen LogP contribution in [0.5, 0.6) is 11.6 Å². The standard InChI is InChI=1S/C28H17BrN4O3/c1-15-10-12-16(13-11-15)21-22-24(18-7-3-5-9-20(18)35-28(22)34)36-27-23(21)26-31-25(32-33(26)14-30-27)17-6-2-4-8-19(17)29/h2-14,21H,1H3. The molecule has 36 heavy (non-hydrogen) atoms. The number of para-hydroxylation sites is 1. The Morgan fingerprint density at radius 3 is 2.56 bits per heavy atom. The Balaban J connectivity index is 1.55. The van der Waals surface area contributed by atoms with Gasteiger partial charge in [-0.15, -0.1) is 5.10 Å². The number of hydrogen-bond donors (Lipinski definition) is 0. The third-order valence-corrected chi connectivity index (χ3v) is 7.18. The van der Waals surface area contributed by atoms with E-state index >= 15 is 0 Å². The molecule has 0 bridgehead atoms.